The molecule has 118 valence electrons. The number of ether oxygens (including phenoxy) is 1. The van der Waals surface area contributed by atoms with Crippen molar-refractivity contribution in [3.05, 3.63) is 12.2 Å². The van der Waals surface area contributed by atoms with Crippen molar-refractivity contribution in [2.45, 2.75) is 85.0 Å². The number of hydrogen-bond acceptors (Lipinski definition) is 2. The van der Waals surface area contributed by atoms with E-state index in [0.29, 0.717) is 18.1 Å². The topological polar surface area (TPSA) is 26.3 Å². The van der Waals surface area contributed by atoms with E-state index in [2.05, 4.69) is 20.4 Å². The van der Waals surface area contributed by atoms with E-state index in [1.165, 1.54) is 64.2 Å². The van der Waals surface area contributed by atoms with Crippen molar-refractivity contribution < 1.29 is 9.53 Å². The maximum Gasteiger partial charge on any atom is 0.333 e. The molecule has 2 nitrogen and oxygen atoms in total. The Bertz CT molecular complexity index is 258. The molecule has 0 rings (SSSR count). The van der Waals surface area contributed by atoms with Gasteiger partial charge in [0.15, 0.2) is 0 Å². The average Bonchev–Trinajstić information content (AvgIpc) is 2.44. The normalized spacial score (nSPS) is 12.2. The molecule has 2 heteroatoms. The minimum atomic E-state index is -0.241. The minimum Gasteiger partial charge on any atom is -0.462 e. The highest BCUT2D eigenvalue weighted by Gasteiger charge is 2.12. The lowest BCUT2D eigenvalue weighted by Gasteiger charge is -2.16. The lowest BCUT2D eigenvalue weighted by molar-refractivity contribution is -0.140. The quantitative estimate of drug-likeness (QED) is 0.247. The minimum absolute atomic E-state index is 0.241. The second-order valence-corrected chi connectivity index (χ2v) is 5.94. The fourth-order valence-corrected chi connectivity index (χ4v) is 2.33. The van der Waals surface area contributed by atoms with Crippen molar-refractivity contribution in [1.82, 2.24) is 0 Å². The SMILES string of the molecule is C=C(C)C(=O)OCC(CCCC)CCCCCCCC. The first kappa shape index (κ1) is 19.2. The van der Waals surface area contributed by atoms with Crippen molar-refractivity contribution in [3.63, 3.8) is 0 Å². The maximum absolute atomic E-state index is 11.4. The van der Waals surface area contributed by atoms with Crippen molar-refractivity contribution in [2.75, 3.05) is 6.61 Å². The Morgan fingerprint density at radius 3 is 2.10 bits per heavy atom. The Labute approximate surface area is 126 Å². The summed E-state index contributed by atoms with van der Waals surface area (Å²) in [5.74, 6) is 0.291. The lowest BCUT2D eigenvalue weighted by atomic mass is 9.96. The molecule has 0 heterocycles. The largest absolute Gasteiger partial charge is 0.462 e. The number of rotatable bonds is 13. The molecule has 1 unspecified atom stereocenters. The molecular weight excluding hydrogens is 248 g/mol. The second kappa shape index (κ2) is 13.2. The van der Waals surface area contributed by atoms with Crippen LogP contribution in [0.4, 0.5) is 0 Å². The Morgan fingerprint density at radius 1 is 0.950 bits per heavy atom. The number of hydrogen-bond donors (Lipinski definition) is 0. The lowest BCUT2D eigenvalue weighted by Crippen LogP contribution is -2.14. The molecule has 0 aromatic rings. The number of carbonyl (C=O) groups excluding carboxylic acids is 1. The van der Waals surface area contributed by atoms with E-state index < -0.39 is 0 Å². The van der Waals surface area contributed by atoms with Crippen LogP contribution in [-0.4, -0.2) is 12.6 Å². The number of unbranched alkanes of at least 4 members (excludes halogenated alkanes) is 6. The zero-order valence-electron chi connectivity index (χ0n) is 13.9. The summed E-state index contributed by atoms with van der Waals surface area (Å²) in [5.41, 5.74) is 0.499. The van der Waals surface area contributed by atoms with Gasteiger partial charge in [0.1, 0.15) is 0 Å². The summed E-state index contributed by atoms with van der Waals surface area (Å²) >= 11 is 0. The Hall–Kier alpha value is -0.790. The van der Waals surface area contributed by atoms with E-state index >= 15 is 0 Å². The Morgan fingerprint density at radius 2 is 1.50 bits per heavy atom. The third kappa shape index (κ3) is 11.1. The van der Waals surface area contributed by atoms with Gasteiger partial charge in [-0.3, -0.25) is 0 Å². The molecule has 0 aliphatic rings. The van der Waals surface area contributed by atoms with E-state index in [1.54, 1.807) is 6.92 Å². The van der Waals surface area contributed by atoms with Crippen LogP contribution in [0, 0.1) is 5.92 Å². The summed E-state index contributed by atoms with van der Waals surface area (Å²) in [7, 11) is 0. The molecular formula is C18H34O2. The van der Waals surface area contributed by atoms with Gasteiger partial charge in [-0.25, -0.2) is 4.79 Å². The Kier molecular flexibility index (Phi) is 12.7. The summed E-state index contributed by atoms with van der Waals surface area (Å²) in [6.45, 7) is 10.4. The fraction of sp³-hybridized carbons (Fsp3) is 0.833. The van der Waals surface area contributed by atoms with E-state index in [4.69, 9.17) is 4.74 Å². The van der Waals surface area contributed by atoms with Crippen molar-refractivity contribution in [1.29, 1.82) is 0 Å². The molecule has 0 N–H and O–H groups in total. The standard InChI is InChI=1S/C18H34O2/c1-5-7-9-10-11-12-14-17(13-8-6-2)15-20-18(19)16(3)4/h17H,3,5-15H2,1-2,4H3. The van der Waals surface area contributed by atoms with Gasteiger partial charge in [-0.15, -0.1) is 0 Å². The second-order valence-electron chi connectivity index (χ2n) is 5.94. The highest BCUT2D eigenvalue weighted by Crippen LogP contribution is 2.18. The van der Waals surface area contributed by atoms with Gasteiger partial charge in [-0.1, -0.05) is 71.8 Å². The number of esters is 1. The van der Waals surface area contributed by atoms with Crippen LogP contribution in [0.2, 0.25) is 0 Å². The predicted octanol–water partition coefficient (Wildman–Crippen LogP) is 5.66. The molecule has 0 spiro atoms. The molecule has 0 aromatic heterocycles. The molecule has 0 aliphatic carbocycles. The van der Waals surface area contributed by atoms with Gasteiger partial charge in [0, 0.05) is 5.57 Å². The molecule has 0 saturated carbocycles. The van der Waals surface area contributed by atoms with E-state index in [0.717, 1.165) is 0 Å². The van der Waals surface area contributed by atoms with Crippen LogP contribution in [0.3, 0.4) is 0 Å². The van der Waals surface area contributed by atoms with Gasteiger partial charge >= 0.3 is 5.97 Å². The first-order valence-corrected chi connectivity index (χ1v) is 8.44. The van der Waals surface area contributed by atoms with Gasteiger partial charge in [0.05, 0.1) is 6.61 Å². The molecule has 0 aromatic carbocycles. The fourth-order valence-electron chi connectivity index (χ4n) is 2.33. The molecule has 0 radical (unpaired) electrons. The molecule has 20 heavy (non-hydrogen) atoms. The zero-order chi connectivity index (χ0) is 15.2. The summed E-state index contributed by atoms with van der Waals surface area (Å²) in [5, 5.41) is 0. The van der Waals surface area contributed by atoms with E-state index in [-0.39, 0.29) is 5.97 Å². The van der Waals surface area contributed by atoms with Crippen LogP contribution in [0.5, 0.6) is 0 Å². The highest BCUT2D eigenvalue weighted by atomic mass is 16.5. The molecule has 0 amide bonds. The molecule has 0 saturated heterocycles. The van der Waals surface area contributed by atoms with Gasteiger partial charge in [-0.2, -0.15) is 0 Å². The van der Waals surface area contributed by atoms with Gasteiger partial charge in [-0.05, 0) is 25.7 Å². The number of carbonyl (C=O) groups is 1. The van der Waals surface area contributed by atoms with Crippen molar-refractivity contribution in [2.24, 2.45) is 5.92 Å². The monoisotopic (exact) mass is 282 g/mol. The molecule has 0 fully saturated rings. The summed E-state index contributed by atoms with van der Waals surface area (Å²) in [6.07, 6.45) is 12.8. The first-order valence-electron chi connectivity index (χ1n) is 8.44. The van der Waals surface area contributed by atoms with Crippen molar-refractivity contribution in [3.8, 4) is 0 Å². The van der Waals surface area contributed by atoms with Crippen LogP contribution in [0.1, 0.15) is 85.0 Å². The third-order valence-corrected chi connectivity index (χ3v) is 3.73. The van der Waals surface area contributed by atoms with Crippen LogP contribution >= 0.6 is 0 Å². The van der Waals surface area contributed by atoms with Gasteiger partial charge in [0.25, 0.3) is 0 Å². The van der Waals surface area contributed by atoms with Crippen molar-refractivity contribution >= 4 is 5.97 Å². The Balaban J connectivity index is 3.83. The zero-order valence-corrected chi connectivity index (χ0v) is 13.9. The highest BCUT2D eigenvalue weighted by molar-refractivity contribution is 5.86. The van der Waals surface area contributed by atoms with Gasteiger partial charge in [0.2, 0.25) is 0 Å². The summed E-state index contributed by atoms with van der Waals surface area (Å²) in [4.78, 5) is 11.4. The molecule has 1 atom stereocenters. The predicted molar refractivity (Wildman–Crippen MR) is 86.8 cm³/mol. The summed E-state index contributed by atoms with van der Waals surface area (Å²) < 4.78 is 5.32. The first-order chi connectivity index (χ1) is 9.61. The third-order valence-electron chi connectivity index (χ3n) is 3.73. The molecule has 0 bridgehead atoms. The van der Waals surface area contributed by atoms with E-state index in [9.17, 15) is 4.79 Å². The molecule has 0 aliphatic heterocycles. The van der Waals surface area contributed by atoms with Gasteiger partial charge < -0.3 is 4.74 Å². The average molecular weight is 282 g/mol. The van der Waals surface area contributed by atoms with Crippen LogP contribution < -0.4 is 0 Å². The van der Waals surface area contributed by atoms with E-state index in [1.807, 2.05) is 0 Å². The van der Waals surface area contributed by atoms with Crippen LogP contribution in [0.15, 0.2) is 12.2 Å². The smallest absolute Gasteiger partial charge is 0.333 e. The summed E-state index contributed by atoms with van der Waals surface area (Å²) in [6, 6.07) is 0. The maximum atomic E-state index is 11.4. The van der Waals surface area contributed by atoms with Crippen LogP contribution in [-0.2, 0) is 9.53 Å². The van der Waals surface area contributed by atoms with Crippen LogP contribution in [0.25, 0.3) is 0 Å².